The van der Waals surface area contributed by atoms with Gasteiger partial charge in [0.25, 0.3) is 0 Å². The second-order valence-corrected chi connectivity index (χ2v) is 7.51. The number of ether oxygens (including phenoxy) is 1. The minimum Gasteiger partial charge on any atom is -0.496 e. The molecule has 142 valence electrons. The van der Waals surface area contributed by atoms with E-state index in [2.05, 4.69) is 0 Å². The molecule has 4 nitrogen and oxygen atoms in total. The van der Waals surface area contributed by atoms with Crippen molar-refractivity contribution >= 4 is 21.2 Å². The van der Waals surface area contributed by atoms with Gasteiger partial charge in [0.1, 0.15) is 5.75 Å². The van der Waals surface area contributed by atoms with Gasteiger partial charge < -0.3 is 4.74 Å². The summed E-state index contributed by atoms with van der Waals surface area (Å²) in [6.07, 6.45) is -0.278. The first-order valence-corrected chi connectivity index (χ1v) is 9.45. The number of methoxy groups -OCH3 is 1. The van der Waals surface area contributed by atoms with Gasteiger partial charge in [0.15, 0.2) is 0 Å². The monoisotopic (exact) mass is 395 g/mol. The van der Waals surface area contributed by atoms with Gasteiger partial charge in [0.05, 0.1) is 17.6 Å². The highest BCUT2D eigenvalue weighted by molar-refractivity contribution is 7.89. The van der Waals surface area contributed by atoms with Crippen molar-refractivity contribution in [1.29, 1.82) is 0 Å². The molecule has 0 aliphatic heterocycles. The van der Waals surface area contributed by atoms with Crippen molar-refractivity contribution in [1.82, 2.24) is 0 Å². The quantitative estimate of drug-likeness (QED) is 0.842. The van der Waals surface area contributed by atoms with Gasteiger partial charge in [-0.1, -0.05) is 30.4 Å². The zero-order valence-electron chi connectivity index (χ0n) is 14.2. The van der Waals surface area contributed by atoms with E-state index >= 15 is 0 Å². The van der Waals surface area contributed by atoms with Gasteiger partial charge in [-0.25, -0.2) is 13.6 Å². The molecule has 0 unspecified atom stereocenters. The van der Waals surface area contributed by atoms with E-state index in [-0.39, 0.29) is 10.6 Å². The molecule has 0 saturated carbocycles. The van der Waals surface area contributed by atoms with Gasteiger partial charge in [0.2, 0.25) is 10.0 Å². The summed E-state index contributed by atoms with van der Waals surface area (Å²) in [5, 5.41) is 5.09. The molecule has 0 atom stereocenters. The molecule has 27 heavy (non-hydrogen) atoms. The van der Waals surface area contributed by atoms with Crippen molar-refractivity contribution < 1.29 is 26.3 Å². The van der Waals surface area contributed by atoms with E-state index in [0.29, 0.717) is 23.1 Å². The third-order valence-electron chi connectivity index (χ3n) is 4.24. The molecule has 0 radical (unpaired) electrons. The molecule has 0 bridgehead atoms. The largest absolute Gasteiger partial charge is 0.496 e. The number of hydrogen-bond donors (Lipinski definition) is 1. The van der Waals surface area contributed by atoms with Crippen LogP contribution in [0.15, 0.2) is 59.5 Å². The van der Waals surface area contributed by atoms with Crippen LogP contribution in [0.1, 0.15) is 23.1 Å². The van der Waals surface area contributed by atoms with E-state index in [1.165, 1.54) is 25.3 Å². The van der Waals surface area contributed by atoms with Crippen LogP contribution in [0.2, 0.25) is 0 Å². The summed E-state index contributed by atoms with van der Waals surface area (Å²) in [4.78, 5) is -0.0285. The first-order valence-electron chi connectivity index (χ1n) is 7.91. The Kier molecular flexibility index (Phi) is 4.88. The molecule has 0 fully saturated rings. The summed E-state index contributed by atoms with van der Waals surface area (Å²) < 4.78 is 67.5. The van der Waals surface area contributed by atoms with Crippen LogP contribution in [-0.2, 0) is 16.2 Å². The maximum absolute atomic E-state index is 13.3. The van der Waals surface area contributed by atoms with Gasteiger partial charge in [-0.05, 0) is 53.0 Å². The fourth-order valence-electron chi connectivity index (χ4n) is 2.98. The fraction of sp³-hybridized carbons (Fsp3) is 0.158. The molecule has 1 aliphatic rings. The number of primary sulfonamides is 1. The second kappa shape index (κ2) is 6.86. The van der Waals surface area contributed by atoms with Crippen LogP contribution in [0.25, 0.3) is 11.1 Å². The lowest BCUT2D eigenvalue weighted by Gasteiger charge is -2.16. The summed E-state index contributed by atoms with van der Waals surface area (Å²) in [6, 6.07) is 9.82. The van der Waals surface area contributed by atoms with E-state index in [1.807, 2.05) is 12.2 Å². The smallest absolute Gasteiger partial charge is 0.419 e. The summed E-state index contributed by atoms with van der Waals surface area (Å²) in [5.41, 5.74) is 1.62. The summed E-state index contributed by atoms with van der Waals surface area (Å²) in [5.74, 6) is -0.243. The molecule has 1 aliphatic carbocycles. The highest BCUT2D eigenvalue weighted by Crippen LogP contribution is 2.41. The Labute approximate surface area is 154 Å². The highest BCUT2D eigenvalue weighted by Gasteiger charge is 2.35. The predicted molar refractivity (Wildman–Crippen MR) is 96.4 cm³/mol. The number of hydrogen-bond acceptors (Lipinski definition) is 3. The minimum absolute atomic E-state index is 0.0285. The number of allylic oxidation sites excluding steroid dienone is 4. The van der Waals surface area contributed by atoms with Crippen molar-refractivity contribution in [3.63, 3.8) is 0 Å². The topological polar surface area (TPSA) is 69.4 Å². The van der Waals surface area contributed by atoms with Gasteiger partial charge in [-0.2, -0.15) is 13.2 Å². The first kappa shape index (κ1) is 19.2. The van der Waals surface area contributed by atoms with Crippen LogP contribution in [0.4, 0.5) is 13.2 Å². The molecule has 0 heterocycles. The van der Waals surface area contributed by atoms with E-state index in [0.717, 1.165) is 11.6 Å². The van der Waals surface area contributed by atoms with Crippen molar-refractivity contribution in [2.75, 3.05) is 7.11 Å². The Morgan fingerprint density at radius 3 is 2.04 bits per heavy atom. The van der Waals surface area contributed by atoms with Crippen LogP contribution < -0.4 is 9.88 Å². The first-order chi connectivity index (χ1) is 12.6. The minimum atomic E-state index is -4.54. The van der Waals surface area contributed by atoms with Crippen LogP contribution in [0.3, 0.4) is 0 Å². The SMILES string of the molecule is COc1ccc(C2=CCC=C2c2ccc(S(N)(=O)=O)cc2)cc1C(F)(F)F. The standard InChI is InChI=1S/C19H16F3NO3S/c1-26-18-10-7-13(11-17(18)19(20,21)22)16-4-2-3-15(16)12-5-8-14(9-6-12)27(23,24)25/h3-11H,2H2,1H3,(H2,23,24,25). The van der Waals surface area contributed by atoms with E-state index < -0.39 is 21.8 Å². The second-order valence-electron chi connectivity index (χ2n) is 5.95. The highest BCUT2D eigenvalue weighted by atomic mass is 32.2. The fourth-order valence-corrected chi connectivity index (χ4v) is 3.50. The average Bonchev–Trinajstić information content (AvgIpc) is 3.09. The zero-order chi connectivity index (χ0) is 19.8. The molecule has 2 aromatic carbocycles. The maximum atomic E-state index is 13.3. The summed E-state index contributed by atoms with van der Waals surface area (Å²) >= 11 is 0. The van der Waals surface area contributed by atoms with Gasteiger partial charge in [0, 0.05) is 0 Å². The van der Waals surface area contributed by atoms with Crippen LogP contribution >= 0.6 is 0 Å². The molecule has 0 spiro atoms. The number of halogens is 3. The molecule has 3 rings (SSSR count). The van der Waals surface area contributed by atoms with Crippen molar-refractivity contribution in [2.45, 2.75) is 17.5 Å². The lowest BCUT2D eigenvalue weighted by Crippen LogP contribution is -2.11. The van der Waals surface area contributed by atoms with E-state index in [4.69, 9.17) is 9.88 Å². The van der Waals surface area contributed by atoms with E-state index in [1.54, 1.807) is 18.2 Å². The molecule has 2 aromatic rings. The van der Waals surface area contributed by atoms with Crippen molar-refractivity contribution in [3.8, 4) is 5.75 Å². The van der Waals surface area contributed by atoms with Gasteiger partial charge >= 0.3 is 6.18 Å². The Balaban J connectivity index is 2.00. The number of benzene rings is 2. The van der Waals surface area contributed by atoms with Gasteiger partial charge in [-0.15, -0.1) is 0 Å². The number of rotatable bonds is 4. The number of alkyl halides is 3. The molecule has 0 aromatic heterocycles. The normalized spacial score (nSPS) is 14.7. The van der Waals surface area contributed by atoms with Crippen LogP contribution in [0, 0.1) is 0 Å². The molecule has 0 amide bonds. The lowest BCUT2D eigenvalue weighted by atomic mass is 9.93. The third kappa shape index (κ3) is 3.91. The zero-order valence-corrected chi connectivity index (χ0v) is 15.1. The van der Waals surface area contributed by atoms with Crippen molar-refractivity contribution in [2.24, 2.45) is 5.14 Å². The Morgan fingerprint density at radius 1 is 0.963 bits per heavy atom. The average molecular weight is 395 g/mol. The number of nitrogens with two attached hydrogens (primary N) is 1. The third-order valence-corrected chi connectivity index (χ3v) is 5.17. The molecule has 2 N–H and O–H groups in total. The maximum Gasteiger partial charge on any atom is 0.419 e. The van der Waals surface area contributed by atoms with Crippen LogP contribution in [0.5, 0.6) is 5.75 Å². The molecule has 0 saturated heterocycles. The van der Waals surface area contributed by atoms with Crippen LogP contribution in [-0.4, -0.2) is 15.5 Å². The Bertz CT molecular complexity index is 1040. The van der Waals surface area contributed by atoms with Crippen molar-refractivity contribution in [3.05, 3.63) is 71.3 Å². The predicted octanol–water partition coefficient (Wildman–Crippen LogP) is 4.23. The summed E-state index contributed by atoms with van der Waals surface area (Å²) in [7, 11) is -2.62. The Hall–Kier alpha value is -2.58. The molecule has 8 heteroatoms. The molecular weight excluding hydrogens is 379 g/mol. The molecular formula is C19H16F3NO3S. The van der Waals surface area contributed by atoms with Gasteiger partial charge in [-0.3, -0.25) is 0 Å². The van der Waals surface area contributed by atoms with E-state index in [9.17, 15) is 21.6 Å². The number of sulfonamides is 1. The lowest BCUT2D eigenvalue weighted by molar-refractivity contribution is -0.138. The Morgan fingerprint density at radius 2 is 1.52 bits per heavy atom. The summed E-state index contributed by atoms with van der Waals surface area (Å²) in [6.45, 7) is 0.